The summed E-state index contributed by atoms with van der Waals surface area (Å²) in [5.74, 6) is 1.36. The van der Waals surface area contributed by atoms with Gasteiger partial charge in [0.1, 0.15) is 22.4 Å². The van der Waals surface area contributed by atoms with Crippen molar-refractivity contribution in [3.8, 4) is 0 Å². The van der Waals surface area contributed by atoms with Crippen LogP contribution >= 0.6 is 15.9 Å². The summed E-state index contributed by atoms with van der Waals surface area (Å²) in [5.41, 5.74) is -3.67. The van der Waals surface area contributed by atoms with Crippen molar-refractivity contribution in [3.05, 3.63) is 11.1 Å². The van der Waals surface area contributed by atoms with Crippen LogP contribution < -0.4 is 9.79 Å². The molecule has 0 aromatic rings. The van der Waals surface area contributed by atoms with Crippen LogP contribution in [-0.4, -0.2) is 22.4 Å². The van der Waals surface area contributed by atoms with E-state index in [0.29, 0.717) is 5.31 Å². The molecule has 0 aromatic heterocycles. The molecule has 0 N–H and O–H groups in total. The Labute approximate surface area is 159 Å². The first-order chi connectivity index (χ1) is 11.2. The molecule has 6 nitrogen and oxygen atoms in total. The maximum Gasteiger partial charge on any atom is 0.273 e. The molecule has 0 amide bonds. The van der Waals surface area contributed by atoms with Crippen LogP contribution in [0.5, 0.6) is 0 Å². The van der Waals surface area contributed by atoms with Crippen LogP contribution in [0.1, 0.15) is 76.2 Å². The van der Waals surface area contributed by atoms with Gasteiger partial charge in [0.05, 0.1) is 0 Å². The summed E-state index contributed by atoms with van der Waals surface area (Å²) >= 11 is 0. The summed E-state index contributed by atoms with van der Waals surface area (Å²) in [4.78, 5) is 27.1. The zero-order valence-electron chi connectivity index (χ0n) is 17.9. The first kappa shape index (κ1) is 22.6. The Hall–Kier alpha value is 0.360. The predicted molar refractivity (Wildman–Crippen MR) is 102 cm³/mol. The van der Waals surface area contributed by atoms with E-state index in [1.54, 1.807) is 0 Å². The second-order valence-electron chi connectivity index (χ2n) is 10.2. The second kappa shape index (κ2) is 5.93. The van der Waals surface area contributed by atoms with Gasteiger partial charge in [-0.1, -0.05) is 20.8 Å². The monoisotopic (exact) mass is 408 g/mol. The average Bonchev–Trinajstić information content (AvgIpc) is 2.57. The van der Waals surface area contributed by atoms with Gasteiger partial charge >= 0.3 is 0 Å². The SMILES string of the molecule is CC(C)(C)/C(=C/[P+]1([O-])OC(C)(C)C(C)(C)O1)[P+]1([O-])OC(C)(C)C(C)(C)O1. The Balaban J connectivity index is 2.53. The lowest BCUT2D eigenvalue weighted by Crippen LogP contribution is -2.41. The van der Waals surface area contributed by atoms with Gasteiger partial charge in [-0.25, -0.2) is 0 Å². The third-order valence-corrected chi connectivity index (χ3v) is 10.6. The Bertz CT molecular complexity index is 584. The zero-order chi connectivity index (χ0) is 20.6. The van der Waals surface area contributed by atoms with Crippen molar-refractivity contribution in [2.75, 3.05) is 0 Å². The zero-order valence-corrected chi connectivity index (χ0v) is 19.7. The van der Waals surface area contributed by atoms with Crippen molar-refractivity contribution in [1.82, 2.24) is 0 Å². The highest BCUT2D eigenvalue weighted by atomic mass is 31.2. The highest BCUT2D eigenvalue weighted by Gasteiger charge is 2.66. The predicted octanol–water partition coefficient (Wildman–Crippen LogP) is 4.33. The fraction of sp³-hybridized carbons (Fsp3) is 0.889. The molecule has 0 unspecified atom stereocenters. The summed E-state index contributed by atoms with van der Waals surface area (Å²) in [5, 5.41) is 0.320. The molecule has 2 aliphatic heterocycles. The van der Waals surface area contributed by atoms with E-state index in [4.69, 9.17) is 18.1 Å². The number of allylic oxidation sites excluding steroid dienone is 1. The lowest BCUT2D eigenvalue weighted by atomic mass is 9.90. The quantitative estimate of drug-likeness (QED) is 0.633. The highest BCUT2D eigenvalue weighted by molar-refractivity contribution is 7.67. The smallest absolute Gasteiger partial charge is 0.273 e. The normalized spacial score (nSPS) is 31.2. The maximum absolute atomic E-state index is 13.7. The van der Waals surface area contributed by atoms with Gasteiger partial charge in [-0.2, -0.15) is 18.1 Å². The average molecular weight is 408 g/mol. The van der Waals surface area contributed by atoms with Crippen molar-refractivity contribution >= 4 is 15.9 Å². The third-order valence-electron chi connectivity index (χ3n) is 5.65. The van der Waals surface area contributed by atoms with Crippen LogP contribution in [0.2, 0.25) is 0 Å². The van der Waals surface area contributed by atoms with Gasteiger partial charge in [-0.15, -0.1) is 0 Å². The van der Waals surface area contributed by atoms with Crippen LogP contribution in [0.4, 0.5) is 0 Å². The van der Waals surface area contributed by atoms with Gasteiger partial charge in [0.15, 0.2) is 11.1 Å². The summed E-state index contributed by atoms with van der Waals surface area (Å²) in [6.45, 7) is 20.3. The van der Waals surface area contributed by atoms with Gasteiger partial charge in [-0.05, 0) is 55.4 Å². The van der Waals surface area contributed by atoms with E-state index in [0.717, 1.165) is 0 Å². The summed E-state index contributed by atoms with van der Waals surface area (Å²) in [7, 11) is -7.33. The molecule has 0 aliphatic carbocycles. The van der Waals surface area contributed by atoms with E-state index in [2.05, 4.69) is 0 Å². The number of hydrogen-bond acceptors (Lipinski definition) is 6. The van der Waals surface area contributed by atoms with Gasteiger partial charge in [0, 0.05) is 5.41 Å². The van der Waals surface area contributed by atoms with Crippen molar-refractivity contribution in [2.24, 2.45) is 5.41 Å². The lowest BCUT2D eigenvalue weighted by molar-refractivity contribution is -0.212. The number of rotatable bonds is 2. The molecule has 0 saturated carbocycles. The Morgan fingerprint density at radius 3 is 1.31 bits per heavy atom. The molecule has 0 bridgehead atoms. The molecule has 0 atom stereocenters. The van der Waals surface area contributed by atoms with Crippen molar-refractivity contribution in [3.63, 3.8) is 0 Å². The molecule has 0 radical (unpaired) electrons. The topological polar surface area (TPSA) is 83.0 Å². The van der Waals surface area contributed by atoms with Crippen molar-refractivity contribution in [2.45, 2.75) is 98.6 Å². The van der Waals surface area contributed by atoms with E-state index in [9.17, 15) is 9.79 Å². The van der Waals surface area contributed by atoms with Crippen LogP contribution in [0.3, 0.4) is 0 Å². The molecule has 0 spiro atoms. The summed E-state index contributed by atoms with van der Waals surface area (Å²) in [6.07, 6.45) is 0. The standard InChI is InChI=1S/C18H34O6P2/c1-14(2,3)13(26(20)23-17(8,9)18(10,11)24-26)12-25(19)21-15(4,5)16(6,7)22-25/h12H,1-11H3/b13-12-. The Morgan fingerprint density at radius 2 is 1.00 bits per heavy atom. The summed E-state index contributed by atoms with van der Waals surface area (Å²) in [6, 6.07) is 0. The fourth-order valence-electron chi connectivity index (χ4n) is 2.69. The molecule has 2 rings (SSSR count). The van der Waals surface area contributed by atoms with Crippen LogP contribution in [0, 0.1) is 5.41 Å². The highest BCUT2D eigenvalue weighted by Crippen LogP contribution is 2.78. The van der Waals surface area contributed by atoms with Crippen LogP contribution in [0.15, 0.2) is 11.1 Å². The first-order valence-corrected chi connectivity index (χ1v) is 12.1. The third kappa shape index (κ3) is 3.77. The minimum absolute atomic E-state index is 0.320. The van der Waals surface area contributed by atoms with E-state index >= 15 is 0 Å². The van der Waals surface area contributed by atoms with Crippen LogP contribution in [-0.2, 0) is 18.1 Å². The molecule has 152 valence electrons. The van der Waals surface area contributed by atoms with Crippen molar-refractivity contribution < 1.29 is 27.9 Å². The largest absolute Gasteiger partial charge is 0.627 e. The van der Waals surface area contributed by atoms with E-state index in [1.807, 2.05) is 76.2 Å². The second-order valence-corrected chi connectivity index (χ2v) is 13.8. The molecule has 8 heteroatoms. The van der Waals surface area contributed by atoms with Gasteiger partial charge in [0.25, 0.3) is 15.9 Å². The molecule has 2 saturated heterocycles. The number of hydrogen-bond donors (Lipinski definition) is 0. The maximum atomic E-state index is 13.7. The minimum atomic E-state index is -3.69. The van der Waals surface area contributed by atoms with Crippen LogP contribution in [0.25, 0.3) is 0 Å². The van der Waals surface area contributed by atoms with E-state index < -0.39 is 43.7 Å². The first-order valence-electron chi connectivity index (χ1n) is 8.93. The molecule has 2 fully saturated rings. The minimum Gasteiger partial charge on any atom is -0.627 e. The molecule has 2 aliphatic rings. The summed E-state index contributed by atoms with van der Waals surface area (Å²) < 4.78 is 23.5. The van der Waals surface area contributed by atoms with Crippen molar-refractivity contribution in [1.29, 1.82) is 0 Å². The Kier molecular flexibility index (Phi) is 5.17. The molecule has 26 heavy (non-hydrogen) atoms. The van der Waals surface area contributed by atoms with E-state index in [1.165, 1.54) is 5.82 Å². The van der Waals surface area contributed by atoms with Gasteiger partial charge in [-0.3, -0.25) is 0 Å². The molecule has 0 aromatic carbocycles. The van der Waals surface area contributed by atoms with E-state index in [-0.39, 0.29) is 0 Å². The molecular formula is C18H34O6P2. The Morgan fingerprint density at radius 1 is 0.692 bits per heavy atom. The van der Waals surface area contributed by atoms with Gasteiger partial charge in [0.2, 0.25) is 0 Å². The molecular weight excluding hydrogens is 374 g/mol. The lowest BCUT2D eigenvalue weighted by Gasteiger charge is -2.33. The molecule has 2 heterocycles. The fourth-order valence-corrected chi connectivity index (χ4v) is 8.92. The van der Waals surface area contributed by atoms with Gasteiger partial charge < -0.3 is 9.79 Å².